The number of fused-ring (bicyclic) bond motifs is 1. The van der Waals surface area contributed by atoms with E-state index in [-0.39, 0.29) is 18.0 Å². The van der Waals surface area contributed by atoms with Crippen LogP contribution < -0.4 is 0 Å². The van der Waals surface area contributed by atoms with Crippen LogP contribution in [-0.2, 0) is 31.4 Å². The molecule has 2 fully saturated rings. The third-order valence-electron chi connectivity index (χ3n) is 3.82. The largest absolute Gasteiger partial charge is 0.393 e. The number of carbonyl (C=O) groups excluding carboxylic acids is 2. The number of ether oxygens (including phenoxy) is 1. The van der Waals surface area contributed by atoms with Crippen LogP contribution >= 0.6 is 0 Å². The summed E-state index contributed by atoms with van der Waals surface area (Å²) in [4.78, 5) is 23.2. The molecule has 0 N–H and O–H groups in total. The summed E-state index contributed by atoms with van der Waals surface area (Å²) < 4.78 is 32.4. The smallest absolute Gasteiger partial charge is 0.318 e. The predicted molar refractivity (Wildman–Crippen MR) is 66.9 cm³/mol. The van der Waals surface area contributed by atoms with Crippen LogP contribution in [0.5, 0.6) is 0 Å². The van der Waals surface area contributed by atoms with Crippen LogP contribution in [0.3, 0.4) is 0 Å². The summed E-state index contributed by atoms with van der Waals surface area (Å²) in [6, 6.07) is 1.51. The molecule has 2 atom stereocenters. The maximum Gasteiger partial charge on any atom is 0.318 e. The SMILES string of the molecule is Cn1ccc(S(=O)(=O)N2CCC3C(=O)OC(=O)C3C2)c1. The molecule has 0 saturated carbocycles. The fourth-order valence-electron chi connectivity index (χ4n) is 2.69. The molecule has 108 valence electrons. The molecule has 0 radical (unpaired) electrons. The van der Waals surface area contributed by atoms with Crippen LogP contribution in [0, 0.1) is 11.8 Å². The van der Waals surface area contributed by atoms with Crippen molar-refractivity contribution in [3.8, 4) is 0 Å². The van der Waals surface area contributed by atoms with Crippen LogP contribution in [0.4, 0.5) is 0 Å². The number of cyclic esters (lactones) is 2. The van der Waals surface area contributed by atoms with Crippen molar-refractivity contribution in [2.75, 3.05) is 13.1 Å². The normalized spacial score (nSPS) is 27.4. The van der Waals surface area contributed by atoms with Gasteiger partial charge in [0.1, 0.15) is 0 Å². The maximum absolute atomic E-state index is 12.5. The van der Waals surface area contributed by atoms with E-state index in [2.05, 4.69) is 4.74 Å². The number of hydrogen-bond donors (Lipinski definition) is 0. The van der Waals surface area contributed by atoms with Crippen molar-refractivity contribution < 1.29 is 22.7 Å². The van der Waals surface area contributed by atoms with E-state index in [0.717, 1.165) is 0 Å². The molecule has 2 unspecified atom stereocenters. The highest BCUT2D eigenvalue weighted by Gasteiger charge is 2.49. The molecule has 0 bridgehead atoms. The Morgan fingerprint density at radius 1 is 1.25 bits per heavy atom. The van der Waals surface area contributed by atoms with Crippen molar-refractivity contribution in [2.24, 2.45) is 18.9 Å². The molecule has 2 saturated heterocycles. The minimum Gasteiger partial charge on any atom is -0.393 e. The molecule has 0 aromatic carbocycles. The summed E-state index contributed by atoms with van der Waals surface area (Å²) >= 11 is 0. The molecule has 2 aliphatic rings. The second-order valence-corrected chi connectivity index (χ2v) is 7.06. The Kier molecular flexibility index (Phi) is 2.94. The first-order valence-electron chi connectivity index (χ1n) is 6.27. The quantitative estimate of drug-likeness (QED) is 0.554. The van der Waals surface area contributed by atoms with Crippen LogP contribution in [-0.4, -0.2) is 42.3 Å². The number of hydrogen-bond acceptors (Lipinski definition) is 5. The number of aryl methyl sites for hydroxylation is 1. The highest BCUT2D eigenvalue weighted by molar-refractivity contribution is 7.89. The summed E-state index contributed by atoms with van der Waals surface area (Å²) in [5.41, 5.74) is 0. The number of piperidine rings is 1. The molecule has 3 heterocycles. The zero-order valence-corrected chi connectivity index (χ0v) is 11.7. The second-order valence-electron chi connectivity index (χ2n) is 5.12. The van der Waals surface area contributed by atoms with Crippen LogP contribution in [0.1, 0.15) is 6.42 Å². The number of sulfonamides is 1. The third kappa shape index (κ3) is 1.95. The number of aromatic nitrogens is 1. The molecule has 20 heavy (non-hydrogen) atoms. The van der Waals surface area contributed by atoms with Crippen molar-refractivity contribution in [3.05, 3.63) is 18.5 Å². The van der Waals surface area contributed by atoms with E-state index in [9.17, 15) is 18.0 Å². The fraction of sp³-hybridized carbons (Fsp3) is 0.500. The van der Waals surface area contributed by atoms with Gasteiger partial charge in [-0.2, -0.15) is 4.31 Å². The average Bonchev–Trinajstić information content (AvgIpc) is 2.95. The molecule has 0 spiro atoms. The van der Waals surface area contributed by atoms with Gasteiger partial charge in [-0.25, -0.2) is 8.42 Å². The van der Waals surface area contributed by atoms with Gasteiger partial charge in [-0.05, 0) is 12.5 Å². The number of nitrogens with zero attached hydrogens (tertiary/aromatic N) is 2. The number of rotatable bonds is 2. The maximum atomic E-state index is 12.5. The van der Waals surface area contributed by atoms with Gasteiger partial charge in [-0.1, -0.05) is 0 Å². The Labute approximate surface area is 116 Å². The lowest BCUT2D eigenvalue weighted by Gasteiger charge is -2.30. The van der Waals surface area contributed by atoms with Gasteiger partial charge in [-0.3, -0.25) is 9.59 Å². The topological polar surface area (TPSA) is 85.7 Å². The van der Waals surface area contributed by atoms with Crippen molar-refractivity contribution in [3.63, 3.8) is 0 Å². The molecular formula is C12H14N2O5S. The highest BCUT2D eigenvalue weighted by atomic mass is 32.2. The molecule has 7 nitrogen and oxygen atoms in total. The highest BCUT2D eigenvalue weighted by Crippen LogP contribution is 2.33. The van der Waals surface area contributed by atoms with E-state index in [0.29, 0.717) is 6.42 Å². The molecule has 0 amide bonds. The lowest BCUT2D eigenvalue weighted by atomic mass is 9.89. The number of esters is 2. The van der Waals surface area contributed by atoms with Gasteiger partial charge in [0.15, 0.2) is 0 Å². The Bertz CT molecular complexity index is 678. The van der Waals surface area contributed by atoms with E-state index >= 15 is 0 Å². The predicted octanol–water partition coefficient (Wildman–Crippen LogP) is -0.265. The van der Waals surface area contributed by atoms with Crippen molar-refractivity contribution in [2.45, 2.75) is 11.3 Å². The van der Waals surface area contributed by atoms with E-state index in [4.69, 9.17) is 0 Å². The van der Waals surface area contributed by atoms with E-state index in [1.54, 1.807) is 17.8 Å². The lowest BCUT2D eigenvalue weighted by Crippen LogP contribution is -2.44. The average molecular weight is 298 g/mol. The standard InChI is InChI=1S/C12H14N2O5S/c1-13-4-2-8(6-13)20(17,18)14-5-3-9-10(7-14)12(16)19-11(9)15/h2,4,6,9-10H,3,5,7H2,1H3. The third-order valence-corrected chi connectivity index (χ3v) is 5.67. The molecule has 0 aliphatic carbocycles. The van der Waals surface area contributed by atoms with Gasteiger partial charge in [0.25, 0.3) is 0 Å². The van der Waals surface area contributed by atoms with Gasteiger partial charge in [0, 0.05) is 32.5 Å². The first kappa shape index (κ1) is 13.3. The van der Waals surface area contributed by atoms with Crippen LogP contribution in [0.25, 0.3) is 0 Å². The summed E-state index contributed by atoms with van der Waals surface area (Å²) in [7, 11) is -1.89. The van der Waals surface area contributed by atoms with Gasteiger partial charge in [0.2, 0.25) is 10.0 Å². The summed E-state index contributed by atoms with van der Waals surface area (Å²) in [5.74, 6) is -2.32. The van der Waals surface area contributed by atoms with Crippen molar-refractivity contribution >= 4 is 22.0 Å². The molecule has 1 aromatic rings. The van der Waals surface area contributed by atoms with Gasteiger partial charge < -0.3 is 9.30 Å². The minimum absolute atomic E-state index is 0.00642. The zero-order valence-electron chi connectivity index (χ0n) is 10.9. The van der Waals surface area contributed by atoms with Crippen molar-refractivity contribution in [1.82, 2.24) is 8.87 Å². The van der Waals surface area contributed by atoms with Gasteiger partial charge >= 0.3 is 11.9 Å². The molecule has 8 heteroatoms. The Morgan fingerprint density at radius 2 is 1.95 bits per heavy atom. The first-order chi connectivity index (χ1) is 9.39. The molecule has 3 rings (SSSR count). The zero-order chi connectivity index (χ0) is 14.5. The van der Waals surface area contributed by atoms with E-state index in [1.807, 2.05) is 0 Å². The van der Waals surface area contributed by atoms with Gasteiger partial charge in [-0.15, -0.1) is 0 Å². The molecule has 1 aromatic heterocycles. The van der Waals surface area contributed by atoms with E-state index in [1.165, 1.54) is 16.6 Å². The van der Waals surface area contributed by atoms with Crippen LogP contribution in [0.15, 0.2) is 23.4 Å². The number of carbonyl (C=O) groups is 2. The first-order valence-corrected chi connectivity index (χ1v) is 7.71. The van der Waals surface area contributed by atoms with Gasteiger partial charge in [0.05, 0.1) is 16.7 Å². The fourth-order valence-corrected chi connectivity index (χ4v) is 4.22. The Hall–Kier alpha value is -1.67. The Balaban J connectivity index is 1.86. The monoisotopic (exact) mass is 298 g/mol. The summed E-state index contributed by atoms with van der Waals surface area (Å²) in [5, 5.41) is 0. The Morgan fingerprint density at radius 3 is 2.60 bits per heavy atom. The lowest BCUT2D eigenvalue weighted by molar-refractivity contribution is -0.153. The second kappa shape index (κ2) is 4.42. The summed E-state index contributed by atoms with van der Waals surface area (Å²) in [6.45, 7) is 0.229. The van der Waals surface area contributed by atoms with Crippen molar-refractivity contribution in [1.29, 1.82) is 0 Å². The molecule has 2 aliphatic heterocycles. The minimum atomic E-state index is -3.63. The molecular weight excluding hydrogens is 284 g/mol. The van der Waals surface area contributed by atoms with E-state index < -0.39 is 33.8 Å². The van der Waals surface area contributed by atoms with Crippen LogP contribution in [0.2, 0.25) is 0 Å². The summed E-state index contributed by atoms with van der Waals surface area (Å²) in [6.07, 6.45) is 3.48.